The minimum absolute atomic E-state index is 0.192. The van der Waals surface area contributed by atoms with Crippen LogP contribution >= 0.6 is 11.6 Å². The molecule has 17 heavy (non-hydrogen) atoms. The molecule has 0 aromatic carbocycles. The van der Waals surface area contributed by atoms with Crippen LogP contribution in [0.25, 0.3) is 11.2 Å². The van der Waals surface area contributed by atoms with Gasteiger partial charge in [-0.05, 0) is 6.42 Å². The molecule has 5 nitrogen and oxygen atoms in total. The van der Waals surface area contributed by atoms with E-state index in [1.807, 2.05) is 4.57 Å². The maximum Gasteiger partial charge on any atom is 0.223 e. The summed E-state index contributed by atoms with van der Waals surface area (Å²) < 4.78 is 1.98. The lowest BCUT2D eigenvalue weighted by Gasteiger charge is -2.03. The Morgan fingerprint density at radius 3 is 2.88 bits per heavy atom. The third-order valence-electron chi connectivity index (χ3n) is 2.69. The second-order valence-corrected chi connectivity index (χ2v) is 4.40. The average Bonchev–Trinajstić information content (AvgIpc) is 2.68. The Bertz CT molecular complexity index is 508. The van der Waals surface area contributed by atoms with Crippen molar-refractivity contribution in [3.63, 3.8) is 0 Å². The third-order valence-corrected chi connectivity index (χ3v) is 2.95. The molecule has 0 unspecified atom stereocenters. The van der Waals surface area contributed by atoms with E-state index in [0.717, 1.165) is 18.6 Å². The van der Waals surface area contributed by atoms with Gasteiger partial charge in [0, 0.05) is 6.54 Å². The fraction of sp³-hybridized carbons (Fsp3) is 0.545. The molecule has 0 radical (unpaired) electrons. The lowest BCUT2D eigenvalue weighted by atomic mass is 10.2. The van der Waals surface area contributed by atoms with E-state index in [2.05, 4.69) is 21.9 Å². The van der Waals surface area contributed by atoms with Crippen LogP contribution in [0.5, 0.6) is 0 Å². The number of nitrogens with two attached hydrogens (primary N) is 1. The Kier molecular flexibility index (Phi) is 3.78. The summed E-state index contributed by atoms with van der Waals surface area (Å²) in [6.07, 6.45) is 6.55. The monoisotopic (exact) mass is 253 g/mol. The van der Waals surface area contributed by atoms with Crippen molar-refractivity contribution in [2.24, 2.45) is 0 Å². The van der Waals surface area contributed by atoms with Crippen LogP contribution in [0.3, 0.4) is 0 Å². The molecule has 2 N–H and O–H groups in total. The van der Waals surface area contributed by atoms with Crippen LogP contribution in [0.15, 0.2) is 6.33 Å². The molecule has 2 aromatic rings. The molecular weight excluding hydrogens is 238 g/mol. The fourth-order valence-electron chi connectivity index (χ4n) is 1.80. The van der Waals surface area contributed by atoms with Crippen molar-refractivity contribution in [3.05, 3.63) is 11.5 Å². The number of anilines is 1. The first kappa shape index (κ1) is 12.1. The molecule has 2 rings (SSSR count). The van der Waals surface area contributed by atoms with E-state index in [4.69, 9.17) is 17.3 Å². The van der Waals surface area contributed by atoms with E-state index in [0.29, 0.717) is 10.7 Å². The highest BCUT2D eigenvalue weighted by molar-refractivity contribution is 6.33. The molecule has 0 saturated carbocycles. The quantitative estimate of drug-likeness (QED) is 0.657. The van der Waals surface area contributed by atoms with Crippen molar-refractivity contribution < 1.29 is 0 Å². The summed E-state index contributed by atoms with van der Waals surface area (Å²) in [5.41, 5.74) is 6.92. The number of nitrogens with zero attached hydrogens (tertiary/aromatic N) is 4. The number of unbranched alkanes of at least 4 members (excludes halogenated alkanes) is 3. The first-order valence-electron chi connectivity index (χ1n) is 5.86. The molecule has 0 aliphatic carbocycles. The number of rotatable bonds is 5. The second-order valence-electron chi connectivity index (χ2n) is 4.04. The number of fused-ring (bicyclic) bond motifs is 1. The summed E-state index contributed by atoms with van der Waals surface area (Å²) >= 11 is 5.95. The predicted octanol–water partition coefficient (Wildman–Crippen LogP) is 2.64. The third kappa shape index (κ3) is 2.66. The molecule has 2 heterocycles. The van der Waals surface area contributed by atoms with Gasteiger partial charge in [-0.15, -0.1) is 0 Å². The summed E-state index contributed by atoms with van der Waals surface area (Å²) in [6.45, 7) is 3.09. The fourth-order valence-corrected chi connectivity index (χ4v) is 2.02. The number of imidazole rings is 1. The van der Waals surface area contributed by atoms with Crippen LogP contribution in [0.4, 0.5) is 5.95 Å². The first-order valence-corrected chi connectivity index (χ1v) is 6.24. The lowest BCUT2D eigenvalue weighted by Crippen LogP contribution is -2.01. The van der Waals surface area contributed by atoms with Gasteiger partial charge in [-0.2, -0.15) is 9.97 Å². The Labute approximate surface area is 105 Å². The first-order chi connectivity index (χ1) is 8.22. The van der Waals surface area contributed by atoms with Gasteiger partial charge >= 0.3 is 0 Å². The van der Waals surface area contributed by atoms with E-state index >= 15 is 0 Å². The summed E-state index contributed by atoms with van der Waals surface area (Å²) in [4.78, 5) is 12.3. The van der Waals surface area contributed by atoms with Crippen molar-refractivity contribution >= 4 is 28.7 Å². The Balaban J connectivity index is 2.18. The summed E-state index contributed by atoms with van der Waals surface area (Å²) in [5, 5.41) is 0.319. The van der Waals surface area contributed by atoms with Gasteiger partial charge in [0.05, 0.1) is 6.33 Å². The number of nitrogen functional groups attached to an aromatic ring is 1. The molecule has 92 valence electrons. The second kappa shape index (κ2) is 5.31. The van der Waals surface area contributed by atoms with Crippen LogP contribution in [-0.2, 0) is 6.54 Å². The number of aromatic nitrogens is 4. The van der Waals surface area contributed by atoms with E-state index in [1.54, 1.807) is 6.33 Å². The topological polar surface area (TPSA) is 69.6 Å². The highest BCUT2D eigenvalue weighted by Gasteiger charge is 2.09. The molecule has 6 heteroatoms. The average molecular weight is 254 g/mol. The maximum atomic E-state index is 5.95. The molecule has 0 atom stereocenters. The minimum atomic E-state index is 0.192. The molecule has 0 bridgehead atoms. The van der Waals surface area contributed by atoms with Crippen molar-refractivity contribution in [2.45, 2.75) is 39.2 Å². The molecule has 0 aliphatic rings. The zero-order valence-electron chi connectivity index (χ0n) is 9.86. The van der Waals surface area contributed by atoms with Crippen LogP contribution in [0.1, 0.15) is 32.6 Å². The van der Waals surface area contributed by atoms with Crippen molar-refractivity contribution in [3.8, 4) is 0 Å². The lowest BCUT2D eigenvalue weighted by molar-refractivity contribution is 0.589. The summed E-state index contributed by atoms with van der Waals surface area (Å²) in [7, 11) is 0. The molecule has 0 saturated heterocycles. The largest absolute Gasteiger partial charge is 0.368 e. The number of aryl methyl sites for hydroxylation is 1. The van der Waals surface area contributed by atoms with Gasteiger partial charge in [0.15, 0.2) is 10.8 Å². The number of halogens is 1. The van der Waals surface area contributed by atoms with E-state index in [9.17, 15) is 0 Å². The molecule has 0 spiro atoms. The highest BCUT2D eigenvalue weighted by atomic mass is 35.5. The normalized spacial score (nSPS) is 11.2. The van der Waals surface area contributed by atoms with E-state index in [-0.39, 0.29) is 5.95 Å². The van der Waals surface area contributed by atoms with Crippen molar-refractivity contribution in [1.29, 1.82) is 0 Å². The Morgan fingerprint density at radius 2 is 2.12 bits per heavy atom. The minimum Gasteiger partial charge on any atom is -0.368 e. The van der Waals surface area contributed by atoms with Gasteiger partial charge in [-0.1, -0.05) is 37.8 Å². The van der Waals surface area contributed by atoms with Crippen LogP contribution in [0, 0.1) is 0 Å². The van der Waals surface area contributed by atoms with Gasteiger partial charge in [-0.3, -0.25) is 0 Å². The van der Waals surface area contributed by atoms with Gasteiger partial charge in [0.25, 0.3) is 0 Å². The van der Waals surface area contributed by atoms with Crippen molar-refractivity contribution in [2.75, 3.05) is 5.73 Å². The molecule has 2 aromatic heterocycles. The molecular formula is C11H16ClN5. The van der Waals surface area contributed by atoms with Gasteiger partial charge < -0.3 is 10.3 Å². The van der Waals surface area contributed by atoms with Crippen LogP contribution in [-0.4, -0.2) is 19.5 Å². The van der Waals surface area contributed by atoms with Gasteiger partial charge in [0.2, 0.25) is 5.95 Å². The molecule has 0 amide bonds. The molecule has 0 aliphatic heterocycles. The van der Waals surface area contributed by atoms with E-state index in [1.165, 1.54) is 19.3 Å². The zero-order valence-corrected chi connectivity index (χ0v) is 10.6. The summed E-state index contributed by atoms with van der Waals surface area (Å²) in [5.74, 6) is 0.192. The van der Waals surface area contributed by atoms with Crippen LogP contribution < -0.4 is 5.73 Å². The van der Waals surface area contributed by atoms with E-state index < -0.39 is 0 Å². The zero-order chi connectivity index (χ0) is 12.3. The maximum absolute atomic E-state index is 5.95. The SMILES string of the molecule is CCCCCCn1cnc2c(Cl)nc(N)nc21. The molecule has 0 fully saturated rings. The predicted molar refractivity (Wildman–Crippen MR) is 68.9 cm³/mol. The number of hydrogen-bond acceptors (Lipinski definition) is 4. The smallest absolute Gasteiger partial charge is 0.223 e. The Morgan fingerprint density at radius 1 is 1.29 bits per heavy atom. The standard InChI is InChI=1S/C11H16ClN5/c1-2-3-4-5-6-17-7-14-8-9(12)15-11(13)16-10(8)17/h7H,2-6H2,1H3,(H2,13,15,16). The van der Waals surface area contributed by atoms with Gasteiger partial charge in [0.1, 0.15) is 5.52 Å². The number of hydrogen-bond donors (Lipinski definition) is 1. The van der Waals surface area contributed by atoms with Crippen LogP contribution in [0.2, 0.25) is 5.15 Å². The van der Waals surface area contributed by atoms with Gasteiger partial charge in [-0.25, -0.2) is 4.98 Å². The highest BCUT2D eigenvalue weighted by Crippen LogP contribution is 2.19. The Hall–Kier alpha value is -1.36. The summed E-state index contributed by atoms with van der Waals surface area (Å²) in [6, 6.07) is 0. The van der Waals surface area contributed by atoms with Crippen molar-refractivity contribution in [1.82, 2.24) is 19.5 Å².